The lowest BCUT2D eigenvalue weighted by Crippen LogP contribution is -2.24. The molecule has 21 heavy (non-hydrogen) atoms. The highest BCUT2D eigenvalue weighted by Gasteiger charge is 2.08. The third-order valence-electron chi connectivity index (χ3n) is 3.18. The van der Waals surface area contributed by atoms with Gasteiger partial charge in [-0.05, 0) is 25.0 Å². The number of rotatable bonds is 7. The molecule has 0 bridgehead atoms. The zero-order valence-corrected chi connectivity index (χ0v) is 13.2. The molecule has 0 saturated carbocycles. The van der Waals surface area contributed by atoms with Crippen molar-refractivity contribution in [3.05, 3.63) is 45.7 Å². The summed E-state index contributed by atoms with van der Waals surface area (Å²) in [4.78, 5) is 16.7. The van der Waals surface area contributed by atoms with Crippen molar-refractivity contribution in [2.45, 2.75) is 39.8 Å². The smallest absolute Gasteiger partial charge is 0.328 e. The summed E-state index contributed by atoms with van der Waals surface area (Å²) in [6.45, 7) is 6.12. The summed E-state index contributed by atoms with van der Waals surface area (Å²) in [7, 11) is 0. The molecule has 1 N–H and O–H groups in total. The fourth-order valence-corrected chi connectivity index (χ4v) is 2.26. The number of pyridine rings is 1. The van der Waals surface area contributed by atoms with Crippen molar-refractivity contribution in [3.8, 4) is 0 Å². The molecule has 0 aliphatic carbocycles. The average Bonchev–Trinajstić information content (AvgIpc) is 2.81. The van der Waals surface area contributed by atoms with E-state index in [2.05, 4.69) is 17.2 Å². The summed E-state index contributed by atoms with van der Waals surface area (Å²) in [5.41, 5.74) is 0.677. The molecule has 0 atom stereocenters. The van der Waals surface area contributed by atoms with Gasteiger partial charge in [0.1, 0.15) is 5.82 Å². The third kappa shape index (κ3) is 3.88. The number of nitrogens with one attached hydrogen (secondary N) is 1. The minimum absolute atomic E-state index is 0.0263. The molecule has 0 aliphatic heterocycles. The summed E-state index contributed by atoms with van der Waals surface area (Å²) < 4.78 is 3.33. The van der Waals surface area contributed by atoms with Gasteiger partial charge in [0.25, 0.3) is 0 Å². The number of hydrogen-bond donors (Lipinski definition) is 1. The number of nitrogens with zero attached hydrogens (tertiary/aromatic N) is 3. The van der Waals surface area contributed by atoms with Crippen molar-refractivity contribution in [1.29, 1.82) is 0 Å². The molecule has 0 amide bonds. The molecule has 5 nitrogen and oxygen atoms in total. The highest BCUT2D eigenvalue weighted by atomic mass is 35.5. The first-order valence-electron chi connectivity index (χ1n) is 7.30. The summed E-state index contributed by atoms with van der Waals surface area (Å²) in [6, 6.07) is 3.67. The predicted octanol–water partition coefficient (Wildman–Crippen LogP) is 2.98. The van der Waals surface area contributed by atoms with Crippen molar-refractivity contribution in [1.82, 2.24) is 14.1 Å². The van der Waals surface area contributed by atoms with Gasteiger partial charge in [-0.25, -0.2) is 9.78 Å². The normalized spacial score (nSPS) is 10.8. The van der Waals surface area contributed by atoms with E-state index in [-0.39, 0.29) is 5.69 Å². The van der Waals surface area contributed by atoms with Crippen molar-refractivity contribution >= 4 is 17.4 Å². The van der Waals surface area contributed by atoms with Gasteiger partial charge in [-0.1, -0.05) is 25.4 Å². The predicted molar refractivity (Wildman–Crippen MR) is 86.1 cm³/mol. The van der Waals surface area contributed by atoms with Gasteiger partial charge in [0.15, 0.2) is 0 Å². The van der Waals surface area contributed by atoms with Crippen LogP contribution in [0.2, 0.25) is 5.02 Å². The van der Waals surface area contributed by atoms with Gasteiger partial charge in [-0.2, -0.15) is 0 Å². The molecule has 0 unspecified atom stereocenters. The van der Waals surface area contributed by atoms with Crippen molar-refractivity contribution in [2.75, 3.05) is 11.9 Å². The van der Waals surface area contributed by atoms with Crippen molar-refractivity contribution in [2.24, 2.45) is 0 Å². The van der Waals surface area contributed by atoms with Crippen LogP contribution in [0.4, 0.5) is 5.82 Å². The highest BCUT2D eigenvalue weighted by molar-refractivity contribution is 6.31. The monoisotopic (exact) mass is 308 g/mol. The topological polar surface area (TPSA) is 51.9 Å². The summed E-state index contributed by atoms with van der Waals surface area (Å²) in [6.07, 6.45) is 5.54. The molecule has 2 aromatic heterocycles. The number of halogens is 1. The van der Waals surface area contributed by atoms with Crippen LogP contribution in [0.25, 0.3) is 0 Å². The average molecular weight is 309 g/mol. The Morgan fingerprint density at radius 3 is 2.67 bits per heavy atom. The van der Waals surface area contributed by atoms with Crippen LogP contribution in [0.5, 0.6) is 0 Å². The minimum atomic E-state index is -0.0263. The van der Waals surface area contributed by atoms with E-state index in [4.69, 9.17) is 11.6 Å². The maximum atomic E-state index is 12.2. The lowest BCUT2D eigenvalue weighted by molar-refractivity contribution is 0.621. The zero-order valence-electron chi connectivity index (χ0n) is 12.5. The Labute approximate surface area is 129 Å². The van der Waals surface area contributed by atoms with E-state index < -0.39 is 0 Å². The molecule has 0 saturated heterocycles. The molecule has 0 spiro atoms. The molecule has 2 heterocycles. The lowest BCUT2D eigenvalue weighted by atomic mass is 10.3. The SMILES string of the molecule is CCCNc1ccc(Cl)c(Cn2ccn(CCC)c2=O)n1. The third-order valence-corrected chi connectivity index (χ3v) is 3.52. The van der Waals surface area contributed by atoms with E-state index >= 15 is 0 Å². The highest BCUT2D eigenvalue weighted by Crippen LogP contribution is 2.17. The molecule has 0 aromatic carbocycles. The van der Waals surface area contributed by atoms with Gasteiger partial charge in [-0.3, -0.25) is 9.13 Å². The van der Waals surface area contributed by atoms with Crippen LogP contribution >= 0.6 is 11.6 Å². The lowest BCUT2D eigenvalue weighted by Gasteiger charge is -2.08. The Kier molecular flexibility index (Phi) is 5.44. The van der Waals surface area contributed by atoms with Crippen LogP contribution in [0.1, 0.15) is 32.4 Å². The molecule has 0 fully saturated rings. The van der Waals surface area contributed by atoms with Crippen LogP contribution < -0.4 is 11.0 Å². The maximum absolute atomic E-state index is 12.2. The van der Waals surface area contributed by atoms with E-state index in [0.29, 0.717) is 17.3 Å². The molecule has 6 heteroatoms. The molecule has 2 rings (SSSR count). The molecular weight excluding hydrogens is 288 g/mol. The quantitative estimate of drug-likeness (QED) is 0.855. The Hall–Kier alpha value is -1.75. The second kappa shape index (κ2) is 7.31. The van der Waals surface area contributed by atoms with E-state index in [1.807, 2.05) is 19.1 Å². The summed E-state index contributed by atoms with van der Waals surface area (Å²) in [5, 5.41) is 3.80. The van der Waals surface area contributed by atoms with E-state index in [1.165, 1.54) is 0 Å². The number of aryl methyl sites for hydroxylation is 1. The van der Waals surface area contributed by atoms with Gasteiger partial charge in [-0.15, -0.1) is 0 Å². The van der Waals surface area contributed by atoms with Gasteiger partial charge in [0.2, 0.25) is 0 Å². The molecule has 114 valence electrons. The standard InChI is InChI=1S/C15H21ClN4O/c1-3-7-17-14-6-5-12(16)13(18-14)11-20-10-9-19(8-4-2)15(20)21/h5-6,9-10H,3-4,7-8,11H2,1-2H3,(H,17,18). The first kappa shape index (κ1) is 15.6. The number of imidazole rings is 1. The van der Waals surface area contributed by atoms with Crippen LogP contribution in [-0.4, -0.2) is 20.7 Å². The summed E-state index contributed by atoms with van der Waals surface area (Å²) in [5.74, 6) is 0.789. The molecule has 2 aromatic rings. The van der Waals surface area contributed by atoms with Crippen molar-refractivity contribution < 1.29 is 0 Å². The Morgan fingerprint density at radius 2 is 1.95 bits per heavy atom. The van der Waals surface area contributed by atoms with E-state index in [9.17, 15) is 4.79 Å². The molecular formula is C15H21ClN4O. The van der Waals surface area contributed by atoms with Crippen LogP contribution in [0.15, 0.2) is 29.3 Å². The Bertz CT molecular complexity index is 647. The van der Waals surface area contributed by atoms with Gasteiger partial charge in [0.05, 0.1) is 17.3 Å². The number of aromatic nitrogens is 3. The van der Waals surface area contributed by atoms with Crippen molar-refractivity contribution in [3.63, 3.8) is 0 Å². The first-order chi connectivity index (χ1) is 10.2. The second-order valence-corrected chi connectivity index (χ2v) is 5.36. The summed E-state index contributed by atoms with van der Waals surface area (Å²) >= 11 is 6.19. The molecule has 0 aliphatic rings. The van der Waals surface area contributed by atoms with Gasteiger partial charge >= 0.3 is 5.69 Å². The Morgan fingerprint density at radius 1 is 1.19 bits per heavy atom. The first-order valence-corrected chi connectivity index (χ1v) is 7.68. The minimum Gasteiger partial charge on any atom is -0.370 e. The number of anilines is 1. The Balaban J connectivity index is 2.20. The second-order valence-electron chi connectivity index (χ2n) is 4.95. The van der Waals surface area contributed by atoms with E-state index in [1.54, 1.807) is 21.5 Å². The van der Waals surface area contributed by atoms with Crippen LogP contribution in [0.3, 0.4) is 0 Å². The van der Waals surface area contributed by atoms with Crippen LogP contribution in [-0.2, 0) is 13.1 Å². The fourth-order valence-electron chi connectivity index (χ4n) is 2.09. The maximum Gasteiger partial charge on any atom is 0.328 e. The number of hydrogen-bond acceptors (Lipinski definition) is 3. The fraction of sp³-hybridized carbons (Fsp3) is 0.467. The largest absolute Gasteiger partial charge is 0.370 e. The van der Waals surface area contributed by atoms with Gasteiger partial charge in [0, 0.05) is 25.5 Å². The zero-order chi connectivity index (χ0) is 15.2. The molecule has 0 radical (unpaired) electrons. The van der Waals surface area contributed by atoms with E-state index in [0.717, 1.165) is 31.7 Å². The van der Waals surface area contributed by atoms with Gasteiger partial charge < -0.3 is 5.32 Å². The van der Waals surface area contributed by atoms with Crippen LogP contribution in [0, 0.1) is 0 Å².